The van der Waals surface area contributed by atoms with Gasteiger partial charge in [-0.2, -0.15) is 0 Å². The third-order valence-corrected chi connectivity index (χ3v) is 3.98. The van der Waals surface area contributed by atoms with Crippen molar-refractivity contribution < 1.29 is 4.74 Å². The van der Waals surface area contributed by atoms with Gasteiger partial charge in [0, 0.05) is 32.7 Å². The monoisotopic (exact) mass is 410 g/mol. The van der Waals surface area contributed by atoms with Crippen molar-refractivity contribution in [2.75, 3.05) is 45.9 Å². The molecular weight excluding hydrogens is 379 g/mol. The highest BCUT2D eigenvalue weighted by molar-refractivity contribution is 14.0. The van der Waals surface area contributed by atoms with Crippen molar-refractivity contribution in [2.45, 2.75) is 39.2 Å². The summed E-state index contributed by atoms with van der Waals surface area (Å²) in [6, 6.07) is 0. The largest absolute Gasteiger partial charge is 0.374 e. The molecule has 1 atom stereocenters. The average molecular weight is 410 g/mol. The second-order valence-electron chi connectivity index (χ2n) is 6.39. The fraction of sp³-hybridized carbons (Fsp3) is 0.933. The van der Waals surface area contributed by atoms with Gasteiger partial charge in [0.25, 0.3) is 0 Å². The molecule has 0 aromatic rings. The minimum atomic E-state index is 0. The molecule has 2 aliphatic heterocycles. The molecule has 1 unspecified atom stereocenters. The van der Waals surface area contributed by atoms with Gasteiger partial charge in [0.2, 0.25) is 0 Å². The fourth-order valence-corrected chi connectivity index (χ4v) is 2.99. The van der Waals surface area contributed by atoms with Crippen molar-refractivity contribution in [2.24, 2.45) is 16.6 Å². The van der Waals surface area contributed by atoms with Crippen LogP contribution in [0.15, 0.2) is 4.99 Å². The Bertz CT molecular complexity index is 319. The Kier molecular flexibility index (Phi) is 8.89. The van der Waals surface area contributed by atoms with E-state index in [1.807, 2.05) is 0 Å². The Balaban J connectivity index is 0.00000220. The summed E-state index contributed by atoms with van der Waals surface area (Å²) < 4.78 is 5.80. The van der Waals surface area contributed by atoms with E-state index in [1.54, 1.807) is 0 Å². The van der Waals surface area contributed by atoms with Crippen LogP contribution < -0.4 is 5.73 Å². The van der Waals surface area contributed by atoms with E-state index in [0.29, 0.717) is 18.4 Å². The Morgan fingerprint density at radius 2 is 1.95 bits per heavy atom. The van der Waals surface area contributed by atoms with E-state index in [0.717, 1.165) is 39.3 Å². The van der Waals surface area contributed by atoms with Crippen LogP contribution >= 0.6 is 24.0 Å². The number of piperidine rings is 1. The van der Waals surface area contributed by atoms with Crippen molar-refractivity contribution >= 4 is 29.9 Å². The molecule has 0 radical (unpaired) electrons. The summed E-state index contributed by atoms with van der Waals surface area (Å²) in [5.74, 6) is 1.41. The van der Waals surface area contributed by atoms with Gasteiger partial charge in [-0.3, -0.25) is 9.89 Å². The number of aliphatic imine (C=N–C) groups is 1. The predicted molar refractivity (Wildman–Crippen MR) is 98.3 cm³/mol. The number of halogens is 1. The molecular formula is C15H31IN4O. The third-order valence-electron chi connectivity index (χ3n) is 3.98. The van der Waals surface area contributed by atoms with Gasteiger partial charge >= 0.3 is 0 Å². The van der Waals surface area contributed by atoms with Crippen LogP contribution in [-0.2, 0) is 4.74 Å². The van der Waals surface area contributed by atoms with Crippen LogP contribution in [0, 0.1) is 5.92 Å². The van der Waals surface area contributed by atoms with Crippen LogP contribution in [-0.4, -0.2) is 67.7 Å². The van der Waals surface area contributed by atoms with E-state index in [9.17, 15) is 0 Å². The molecule has 2 fully saturated rings. The number of hydrogen-bond acceptors (Lipinski definition) is 3. The lowest BCUT2D eigenvalue weighted by Crippen LogP contribution is -2.46. The summed E-state index contributed by atoms with van der Waals surface area (Å²) in [6.07, 6.45) is 3.99. The molecule has 2 rings (SSSR count). The summed E-state index contributed by atoms with van der Waals surface area (Å²) in [4.78, 5) is 9.24. The minimum absolute atomic E-state index is 0. The van der Waals surface area contributed by atoms with E-state index in [1.165, 1.54) is 19.3 Å². The Morgan fingerprint density at radius 1 is 1.24 bits per heavy atom. The molecule has 2 saturated heterocycles. The molecule has 124 valence electrons. The number of likely N-dealkylation sites (tertiary alicyclic amines) is 1. The predicted octanol–water partition coefficient (Wildman–Crippen LogP) is 1.76. The van der Waals surface area contributed by atoms with Crippen LogP contribution in [0.3, 0.4) is 0 Å². The Hall–Kier alpha value is -0.0800. The van der Waals surface area contributed by atoms with E-state index >= 15 is 0 Å². The van der Waals surface area contributed by atoms with E-state index in [2.05, 4.69) is 28.6 Å². The summed E-state index contributed by atoms with van der Waals surface area (Å²) in [7, 11) is 0. The molecule has 0 amide bonds. The molecule has 0 bridgehead atoms. The molecule has 0 aromatic carbocycles. The first-order valence-electron chi connectivity index (χ1n) is 8.04. The van der Waals surface area contributed by atoms with Crippen molar-refractivity contribution in [3.63, 3.8) is 0 Å². The number of hydrogen-bond donors (Lipinski definition) is 1. The lowest BCUT2D eigenvalue weighted by Gasteiger charge is -2.33. The molecule has 2 aliphatic rings. The molecule has 0 aromatic heterocycles. The molecule has 2 heterocycles. The molecule has 5 nitrogen and oxygen atoms in total. The lowest BCUT2D eigenvalue weighted by molar-refractivity contribution is -0.0262. The summed E-state index contributed by atoms with van der Waals surface area (Å²) in [5.41, 5.74) is 6.09. The second kappa shape index (κ2) is 9.84. The number of guanidine groups is 1. The van der Waals surface area contributed by atoms with Crippen LogP contribution in [0.4, 0.5) is 0 Å². The maximum atomic E-state index is 6.09. The molecule has 0 spiro atoms. The second-order valence-corrected chi connectivity index (χ2v) is 6.39. The average Bonchev–Trinajstić information content (AvgIpc) is 2.45. The summed E-state index contributed by atoms with van der Waals surface area (Å²) in [5, 5.41) is 0. The maximum absolute atomic E-state index is 6.09. The Labute approximate surface area is 146 Å². The van der Waals surface area contributed by atoms with Gasteiger partial charge in [0.1, 0.15) is 0 Å². The number of nitrogens with two attached hydrogens (primary N) is 1. The van der Waals surface area contributed by atoms with Gasteiger partial charge in [0.15, 0.2) is 5.96 Å². The molecule has 0 aliphatic carbocycles. The van der Waals surface area contributed by atoms with Gasteiger partial charge in [0.05, 0.1) is 19.3 Å². The number of morpholine rings is 1. The SMILES string of the molecule is CC(C)CN1CCOC(CN=C(N)N2CCCCC2)C1.I. The minimum Gasteiger partial charge on any atom is -0.374 e. The van der Waals surface area contributed by atoms with Gasteiger partial charge < -0.3 is 15.4 Å². The fourth-order valence-electron chi connectivity index (χ4n) is 2.99. The standard InChI is InChI=1S/C15H30N4O.HI/c1-13(2)11-18-8-9-20-14(12-18)10-17-15(16)19-6-4-3-5-7-19;/h13-14H,3-12H2,1-2H3,(H2,16,17);1H. The number of nitrogens with zero attached hydrogens (tertiary/aromatic N) is 3. The first-order valence-corrected chi connectivity index (χ1v) is 8.04. The number of rotatable bonds is 4. The van der Waals surface area contributed by atoms with Crippen molar-refractivity contribution in [3.05, 3.63) is 0 Å². The van der Waals surface area contributed by atoms with Gasteiger partial charge in [-0.05, 0) is 25.2 Å². The van der Waals surface area contributed by atoms with E-state index < -0.39 is 0 Å². The van der Waals surface area contributed by atoms with Gasteiger partial charge in [-0.25, -0.2) is 0 Å². The van der Waals surface area contributed by atoms with Crippen LogP contribution in [0.5, 0.6) is 0 Å². The lowest BCUT2D eigenvalue weighted by atomic mass is 10.1. The first kappa shape index (κ1) is 19.0. The van der Waals surface area contributed by atoms with Crippen molar-refractivity contribution in [3.8, 4) is 0 Å². The zero-order valence-corrected chi connectivity index (χ0v) is 15.8. The molecule has 0 saturated carbocycles. The highest BCUT2D eigenvalue weighted by atomic mass is 127. The van der Waals surface area contributed by atoms with E-state index in [-0.39, 0.29) is 30.1 Å². The summed E-state index contributed by atoms with van der Waals surface area (Å²) >= 11 is 0. The van der Waals surface area contributed by atoms with Gasteiger partial charge in [-0.1, -0.05) is 13.8 Å². The highest BCUT2D eigenvalue weighted by Gasteiger charge is 2.21. The zero-order valence-electron chi connectivity index (χ0n) is 13.5. The van der Waals surface area contributed by atoms with Gasteiger partial charge in [-0.15, -0.1) is 24.0 Å². The molecule has 21 heavy (non-hydrogen) atoms. The zero-order chi connectivity index (χ0) is 14.4. The highest BCUT2D eigenvalue weighted by Crippen LogP contribution is 2.10. The normalized spacial score (nSPS) is 25.0. The van der Waals surface area contributed by atoms with Crippen LogP contribution in [0.1, 0.15) is 33.1 Å². The van der Waals surface area contributed by atoms with Crippen molar-refractivity contribution in [1.82, 2.24) is 9.80 Å². The van der Waals surface area contributed by atoms with E-state index in [4.69, 9.17) is 10.5 Å². The third kappa shape index (κ3) is 6.69. The molecule has 6 heteroatoms. The van der Waals surface area contributed by atoms with Crippen LogP contribution in [0.2, 0.25) is 0 Å². The summed E-state index contributed by atoms with van der Waals surface area (Å²) in [6.45, 7) is 11.3. The number of ether oxygens (including phenoxy) is 1. The topological polar surface area (TPSA) is 54.1 Å². The quantitative estimate of drug-likeness (QED) is 0.436. The molecule has 2 N–H and O–H groups in total. The smallest absolute Gasteiger partial charge is 0.191 e. The van der Waals surface area contributed by atoms with Crippen molar-refractivity contribution in [1.29, 1.82) is 0 Å². The maximum Gasteiger partial charge on any atom is 0.191 e. The Morgan fingerprint density at radius 3 is 2.62 bits per heavy atom. The van der Waals surface area contributed by atoms with Crippen LogP contribution in [0.25, 0.3) is 0 Å². The first-order chi connectivity index (χ1) is 9.65.